The van der Waals surface area contributed by atoms with E-state index in [2.05, 4.69) is 441 Å². The van der Waals surface area contributed by atoms with E-state index in [1.807, 2.05) is 6.07 Å². The van der Waals surface area contributed by atoms with Crippen molar-refractivity contribution in [3.8, 4) is 111 Å². The van der Waals surface area contributed by atoms with E-state index < -0.39 is 0 Å². The number of fused-ring (bicyclic) bond motifs is 8. The molecule has 4 nitrogen and oxygen atoms in total. The molecule has 534 valence electrons. The SMILES string of the molecule is c1ccc(-c2ccc(-c3ccc(N(c4ccc(-c5ccc(-c6ccc7ccc(-c8cccc9c8oc8c(-c%10ccccc%10N(c%10ccc(-c%11ccc(-c%12ccccc%12)cc%11)cc%10)c%10ccc(-c%11ccc%12ccccc%12c%11)cc%10)cccc89)cc7c6)cc5)cc4)c4ccccc4-c4cccc5c4oc4ccccc45)cc3)cc2)cc1. The minimum Gasteiger partial charge on any atom is -0.455 e. The fraction of sp³-hybridized carbons (Fsp3) is 0. The second-order valence-corrected chi connectivity index (χ2v) is 29.4. The Morgan fingerprint density at radius 2 is 0.421 bits per heavy atom. The standard InChI is InChI=1S/C110H72N2O2/c1-3-18-73(19-4-1)76-36-40-78(41-37-76)81-54-62-92(63-55-81)111(105-33-12-9-24-97(105)100-28-16-30-102-99-26-11-14-35-107(99)113-109(100)102)93-66-58-83(59-67-93)80-44-46-84(47-45-80)89-52-49-86-50-53-90(72-91(86)71-89)96-27-15-31-103-104-32-17-29-101(110(104)114-108(96)103)98-25-10-13-34-106(98)112(95-68-60-85(61-69-95)88-51-48-75-22-7-8-23-87(75)70-88)94-64-56-82(57-65-94)79-42-38-77(39-43-79)74-20-5-2-6-21-74/h1-72H. The lowest BCUT2D eigenvalue weighted by Crippen LogP contribution is -2.11. The fourth-order valence-electron chi connectivity index (χ4n) is 16.9. The molecule has 0 amide bonds. The van der Waals surface area contributed by atoms with E-state index in [1.165, 1.54) is 49.5 Å². The van der Waals surface area contributed by atoms with Gasteiger partial charge in [-0.15, -0.1) is 0 Å². The van der Waals surface area contributed by atoms with E-state index in [1.54, 1.807) is 0 Å². The molecule has 0 aliphatic heterocycles. The highest BCUT2D eigenvalue weighted by Crippen LogP contribution is 2.49. The lowest BCUT2D eigenvalue weighted by molar-refractivity contribution is 0.670. The van der Waals surface area contributed by atoms with Crippen LogP contribution in [0.1, 0.15) is 0 Å². The van der Waals surface area contributed by atoms with E-state index in [-0.39, 0.29) is 0 Å². The summed E-state index contributed by atoms with van der Waals surface area (Å²) in [6.45, 7) is 0. The molecule has 0 bridgehead atoms. The van der Waals surface area contributed by atoms with Gasteiger partial charge in [0.05, 0.1) is 11.4 Å². The van der Waals surface area contributed by atoms with Gasteiger partial charge < -0.3 is 18.6 Å². The largest absolute Gasteiger partial charge is 0.455 e. The van der Waals surface area contributed by atoms with E-state index in [4.69, 9.17) is 8.83 Å². The van der Waals surface area contributed by atoms with Crippen molar-refractivity contribution in [1.82, 2.24) is 0 Å². The second-order valence-electron chi connectivity index (χ2n) is 29.4. The van der Waals surface area contributed by atoms with E-state index in [9.17, 15) is 0 Å². The predicted molar refractivity (Wildman–Crippen MR) is 480 cm³/mol. The van der Waals surface area contributed by atoms with Gasteiger partial charge in [-0.25, -0.2) is 0 Å². The average Bonchev–Trinajstić information content (AvgIpc) is 1.58. The van der Waals surface area contributed by atoms with Gasteiger partial charge in [0.15, 0.2) is 0 Å². The molecular formula is C110H72N2O2. The first kappa shape index (κ1) is 67.0. The summed E-state index contributed by atoms with van der Waals surface area (Å²) in [7, 11) is 0. The van der Waals surface area contributed by atoms with Crippen molar-refractivity contribution in [2.24, 2.45) is 0 Å². The lowest BCUT2D eigenvalue weighted by Gasteiger charge is -2.28. The summed E-state index contributed by atoms with van der Waals surface area (Å²) in [6.07, 6.45) is 0. The molecule has 0 N–H and O–H groups in total. The number of hydrogen-bond acceptors (Lipinski definition) is 4. The van der Waals surface area contributed by atoms with Crippen molar-refractivity contribution in [3.63, 3.8) is 0 Å². The third-order valence-corrected chi connectivity index (χ3v) is 22.7. The molecule has 114 heavy (non-hydrogen) atoms. The van der Waals surface area contributed by atoms with Crippen LogP contribution in [0.3, 0.4) is 0 Å². The van der Waals surface area contributed by atoms with Gasteiger partial charge in [-0.05, 0) is 190 Å². The molecule has 0 aliphatic rings. The highest BCUT2D eigenvalue weighted by molar-refractivity contribution is 6.15. The van der Waals surface area contributed by atoms with Crippen LogP contribution < -0.4 is 9.80 Å². The summed E-state index contributed by atoms with van der Waals surface area (Å²) >= 11 is 0. The minimum absolute atomic E-state index is 0.844. The molecule has 0 atom stereocenters. The number of anilines is 6. The zero-order valence-electron chi connectivity index (χ0n) is 62.3. The van der Waals surface area contributed by atoms with Gasteiger partial charge in [0, 0.05) is 72.1 Å². The number of hydrogen-bond donors (Lipinski definition) is 0. The Hall–Kier alpha value is -15.1. The summed E-state index contributed by atoms with van der Waals surface area (Å²) in [4.78, 5) is 4.77. The van der Waals surface area contributed by atoms with E-state index >= 15 is 0 Å². The predicted octanol–water partition coefficient (Wildman–Crippen LogP) is 31.4. The van der Waals surface area contributed by atoms with Gasteiger partial charge in [-0.3, -0.25) is 0 Å². The van der Waals surface area contributed by atoms with Crippen molar-refractivity contribution in [2.75, 3.05) is 9.80 Å². The van der Waals surface area contributed by atoms with Gasteiger partial charge in [0.25, 0.3) is 0 Å². The molecule has 0 aliphatic carbocycles. The summed E-state index contributed by atoms with van der Waals surface area (Å²) in [5.74, 6) is 0. The number of benzene rings is 19. The molecule has 2 heterocycles. The second kappa shape index (κ2) is 28.7. The maximum atomic E-state index is 7.33. The molecule has 19 aromatic carbocycles. The first-order valence-electron chi connectivity index (χ1n) is 39.0. The Bertz CT molecular complexity index is 7150. The van der Waals surface area contributed by atoms with E-state index in [0.29, 0.717) is 0 Å². The Morgan fingerprint density at radius 3 is 0.868 bits per heavy atom. The maximum absolute atomic E-state index is 7.33. The summed E-state index contributed by atoms with van der Waals surface area (Å²) < 4.78 is 14.0. The van der Waals surface area contributed by atoms with Crippen LogP contribution in [0.25, 0.3) is 177 Å². The monoisotopic (exact) mass is 1450 g/mol. The molecule has 0 unspecified atom stereocenters. The van der Waals surface area contributed by atoms with Crippen molar-refractivity contribution in [2.45, 2.75) is 0 Å². The van der Waals surface area contributed by atoms with Crippen LogP contribution in [0, 0.1) is 0 Å². The molecule has 0 spiro atoms. The maximum Gasteiger partial charge on any atom is 0.143 e. The summed E-state index contributed by atoms with van der Waals surface area (Å²) in [6, 6.07) is 158. The third-order valence-electron chi connectivity index (χ3n) is 22.7. The normalized spacial score (nSPS) is 11.5. The Kier molecular flexibility index (Phi) is 16.9. The van der Waals surface area contributed by atoms with Gasteiger partial charge in [-0.2, -0.15) is 0 Å². The Labute approximate surface area is 661 Å². The Morgan fingerprint density at radius 1 is 0.149 bits per heavy atom. The van der Waals surface area contributed by atoms with Gasteiger partial charge in [0.2, 0.25) is 0 Å². The summed E-state index contributed by atoms with van der Waals surface area (Å²) in [5, 5.41) is 9.12. The molecule has 0 saturated heterocycles. The Balaban J connectivity index is 0.586. The fourth-order valence-corrected chi connectivity index (χ4v) is 16.9. The molecule has 0 radical (unpaired) electrons. The van der Waals surface area contributed by atoms with Crippen molar-refractivity contribution in [1.29, 1.82) is 0 Å². The molecule has 21 aromatic rings. The molecule has 21 rings (SSSR count). The van der Waals surface area contributed by atoms with Gasteiger partial charge in [-0.1, -0.05) is 352 Å². The molecule has 0 saturated carbocycles. The number of para-hydroxylation sites is 6. The van der Waals surface area contributed by atoms with Gasteiger partial charge >= 0.3 is 0 Å². The zero-order chi connectivity index (χ0) is 75.4. The van der Waals surface area contributed by atoms with Crippen LogP contribution in [-0.2, 0) is 0 Å². The quantitative estimate of drug-likeness (QED) is 0.0965. The van der Waals surface area contributed by atoms with Gasteiger partial charge in [0.1, 0.15) is 22.3 Å². The first-order chi connectivity index (χ1) is 56.5. The zero-order valence-corrected chi connectivity index (χ0v) is 62.3. The molecule has 0 fully saturated rings. The average molecular weight is 1450 g/mol. The van der Waals surface area contributed by atoms with Crippen molar-refractivity contribution >= 4 is 99.5 Å². The van der Waals surface area contributed by atoms with Crippen LogP contribution in [0.5, 0.6) is 0 Å². The lowest BCUT2D eigenvalue weighted by atomic mass is 9.95. The molecular weight excluding hydrogens is 1380 g/mol. The number of rotatable bonds is 16. The van der Waals surface area contributed by atoms with Crippen LogP contribution >= 0.6 is 0 Å². The summed E-state index contributed by atoms with van der Waals surface area (Å²) in [5.41, 5.74) is 32.3. The van der Waals surface area contributed by atoms with E-state index in [0.717, 1.165) is 161 Å². The van der Waals surface area contributed by atoms with Crippen LogP contribution in [-0.4, -0.2) is 0 Å². The number of nitrogens with zero attached hydrogens (tertiary/aromatic N) is 2. The number of furan rings is 2. The van der Waals surface area contributed by atoms with Crippen LogP contribution in [0.15, 0.2) is 446 Å². The third kappa shape index (κ3) is 12.4. The minimum atomic E-state index is 0.844. The first-order valence-corrected chi connectivity index (χ1v) is 39.0. The van der Waals surface area contributed by atoms with Crippen LogP contribution in [0.2, 0.25) is 0 Å². The topological polar surface area (TPSA) is 32.8 Å². The van der Waals surface area contributed by atoms with Crippen LogP contribution in [0.4, 0.5) is 34.1 Å². The molecule has 2 aromatic heterocycles. The van der Waals surface area contributed by atoms with Crippen molar-refractivity contribution < 1.29 is 8.83 Å². The molecule has 4 heteroatoms. The highest BCUT2D eigenvalue weighted by Gasteiger charge is 2.25. The smallest absolute Gasteiger partial charge is 0.143 e. The highest BCUT2D eigenvalue weighted by atomic mass is 16.3. The van der Waals surface area contributed by atoms with Crippen molar-refractivity contribution in [3.05, 3.63) is 437 Å².